The molecule has 2 heterocycles. The molecule has 1 aromatic heterocycles. The summed E-state index contributed by atoms with van der Waals surface area (Å²) in [5.41, 5.74) is 3.91. The third-order valence-electron chi connectivity index (χ3n) is 5.69. The quantitative estimate of drug-likeness (QED) is 0.702. The number of carbonyl (C=O) groups excluding carboxylic acids is 2. The number of piperidine rings is 1. The molecule has 0 atom stereocenters. The summed E-state index contributed by atoms with van der Waals surface area (Å²) in [6.07, 6.45) is 2.93. The summed E-state index contributed by atoms with van der Waals surface area (Å²) in [4.78, 5) is 26.9. The Balaban J connectivity index is 1.34. The van der Waals surface area contributed by atoms with Crippen LogP contribution in [0.15, 0.2) is 48.7 Å². The minimum atomic E-state index is -0.377. The molecule has 1 aliphatic rings. The molecule has 0 aliphatic carbocycles. The Bertz CT molecular complexity index is 1100. The van der Waals surface area contributed by atoms with Gasteiger partial charge in [0.1, 0.15) is 5.82 Å². The molecule has 1 aliphatic heterocycles. The van der Waals surface area contributed by atoms with Crippen LogP contribution in [0.5, 0.6) is 0 Å². The number of rotatable bonds is 4. The Hall–Kier alpha value is -3.55. The van der Waals surface area contributed by atoms with Crippen LogP contribution in [0, 0.1) is 19.7 Å². The summed E-state index contributed by atoms with van der Waals surface area (Å²) < 4.78 is 14.6. The van der Waals surface area contributed by atoms with E-state index < -0.39 is 0 Å². The highest BCUT2D eigenvalue weighted by Crippen LogP contribution is 2.16. The maximum absolute atomic E-state index is 13.0. The predicted octanol–water partition coefficient (Wildman–Crippen LogP) is 3.06. The van der Waals surface area contributed by atoms with Gasteiger partial charge in [-0.1, -0.05) is 11.3 Å². The number of aromatic nitrogens is 3. The summed E-state index contributed by atoms with van der Waals surface area (Å²) in [5, 5.41) is 11.1. The van der Waals surface area contributed by atoms with E-state index in [4.69, 9.17) is 0 Å². The second kappa shape index (κ2) is 8.67. The molecule has 3 aromatic rings. The number of benzene rings is 2. The molecule has 0 radical (unpaired) electrons. The van der Waals surface area contributed by atoms with E-state index in [9.17, 15) is 14.0 Å². The lowest BCUT2D eigenvalue weighted by Crippen LogP contribution is -2.46. The SMILES string of the molecule is Cc1ccc(-n2cc(C(=O)N3CCC(NC(=O)c4ccc(F)cc4)CC3)nn2)cc1C. The highest BCUT2D eigenvalue weighted by Gasteiger charge is 2.26. The summed E-state index contributed by atoms with van der Waals surface area (Å²) in [7, 11) is 0. The first-order valence-corrected chi connectivity index (χ1v) is 10.3. The lowest BCUT2D eigenvalue weighted by Gasteiger charge is -2.31. The van der Waals surface area contributed by atoms with Crippen LogP contribution in [0.25, 0.3) is 5.69 Å². The first-order valence-electron chi connectivity index (χ1n) is 10.3. The molecule has 1 N–H and O–H groups in total. The van der Waals surface area contributed by atoms with Crippen LogP contribution in [0.2, 0.25) is 0 Å². The van der Waals surface area contributed by atoms with Crippen molar-refractivity contribution in [3.8, 4) is 5.69 Å². The fraction of sp³-hybridized carbons (Fsp3) is 0.304. The van der Waals surface area contributed by atoms with Gasteiger partial charge in [-0.05, 0) is 74.2 Å². The first-order chi connectivity index (χ1) is 14.9. The molecule has 0 bridgehead atoms. The van der Waals surface area contributed by atoms with Gasteiger partial charge in [0.25, 0.3) is 11.8 Å². The monoisotopic (exact) mass is 421 g/mol. The van der Waals surface area contributed by atoms with Crippen LogP contribution in [-0.4, -0.2) is 50.8 Å². The third-order valence-corrected chi connectivity index (χ3v) is 5.69. The van der Waals surface area contributed by atoms with Gasteiger partial charge in [0.2, 0.25) is 0 Å². The summed E-state index contributed by atoms with van der Waals surface area (Å²) in [6.45, 7) is 5.11. The Kier molecular flexibility index (Phi) is 5.79. The predicted molar refractivity (Wildman–Crippen MR) is 114 cm³/mol. The van der Waals surface area contributed by atoms with Gasteiger partial charge in [-0.2, -0.15) is 0 Å². The zero-order chi connectivity index (χ0) is 22.0. The molecule has 31 heavy (non-hydrogen) atoms. The zero-order valence-corrected chi connectivity index (χ0v) is 17.5. The van der Waals surface area contributed by atoms with Crippen molar-refractivity contribution in [1.82, 2.24) is 25.2 Å². The Morgan fingerprint density at radius 2 is 1.74 bits per heavy atom. The van der Waals surface area contributed by atoms with Crippen molar-refractivity contribution in [2.45, 2.75) is 32.7 Å². The second-order valence-electron chi connectivity index (χ2n) is 7.86. The fourth-order valence-electron chi connectivity index (χ4n) is 3.62. The average Bonchev–Trinajstić information content (AvgIpc) is 3.26. The molecule has 0 saturated carbocycles. The molecule has 1 fully saturated rings. The van der Waals surface area contributed by atoms with Crippen LogP contribution in [0.1, 0.15) is 44.8 Å². The van der Waals surface area contributed by atoms with E-state index in [2.05, 4.69) is 15.6 Å². The van der Waals surface area contributed by atoms with E-state index in [1.54, 1.807) is 15.8 Å². The Labute approximate surface area is 179 Å². The molecular weight excluding hydrogens is 397 g/mol. The minimum absolute atomic E-state index is 0.0344. The van der Waals surface area contributed by atoms with Crippen LogP contribution in [0.3, 0.4) is 0 Å². The Morgan fingerprint density at radius 3 is 2.42 bits per heavy atom. The van der Waals surface area contributed by atoms with Gasteiger partial charge in [0.15, 0.2) is 5.69 Å². The summed E-state index contributed by atoms with van der Waals surface area (Å²) >= 11 is 0. The second-order valence-corrected chi connectivity index (χ2v) is 7.86. The molecule has 1 saturated heterocycles. The molecule has 2 amide bonds. The first kappa shape index (κ1) is 20.7. The molecule has 4 rings (SSSR count). The van der Waals surface area contributed by atoms with E-state index in [0.717, 1.165) is 11.3 Å². The number of amides is 2. The van der Waals surface area contributed by atoms with E-state index in [-0.39, 0.29) is 23.7 Å². The maximum Gasteiger partial charge on any atom is 0.276 e. The standard InChI is InChI=1S/C23H24FN5O2/c1-15-3-8-20(13-16(15)2)29-14-21(26-27-29)23(31)28-11-9-19(10-12-28)25-22(30)17-4-6-18(24)7-5-17/h3-8,13-14,19H,9-12H2,1-2H3,(H,25,30). The fourth-order valence-corrected chi connectivity index (χ4v) is 3.62. The van der Waals surface area contributed by atoms with E-state index in [0.29, 0.717) is 37.2 Å². The van der Waals surface area contributed by atoms with Crippen LogP contribution >= 0.6 is 0 Å². The Morgan fingerprint density at radius 1 is 1.03 bits per heavy atom. The summed E-state index contributed by atoms with van der Waals surface area (Å²) in [5.74, 6) is -0.780. The van der Waals surface area contributed by atoms with Crippen LogP contribution in [-0.2, 0) is 0 Å². The number of aryl methyl sites for hydroxylation is 2. The maximum atomic E-state index is 13.0. The van der Waals surface area contributed by atoms with Crippen molar-refractivity contribution < 1.29 is 14.0 Å². The van der Waals surface area contributed by atoms with E-state index in [1.165, 1.54) is 29.8 Å². The van der Waals surface area contributed by atoms with Gasteiger partial charge in [-0.15, -0.1) is 5.10 Å². The minimum Gasteiger partial charge on any atom is -0.349 e. The number of carbonyl (C=O) groups is 2. The molecule has 2 aromatic carbocycles. The van der Waals surface area contributed by atoms with Crippen molar-refractivity contribution in [2.24, 2.45) is 0 Å². The lowest BCUT2D eigenvalue weighted by molar-refractivity contribution is 0.0692. The zero-order valence-electron chi connectivity index (χ0n) is 17.5. The van der Waals surface area contributed by atoms with Gasteiger partial charge in [0.05, 0.1) is 11.9 Å². The van der Waals surface area contributed by atoms with Crippen LogP contribution in [0.4, 0.5) is 4.39 Å². The van der Waals surface area contributed by atoms with Gasteiger partial charge >= 0.3 is 0 Å². The van der Waals surface area contributed by atoms with E-state index >= 15 is 0 Å². The molecule has 7 nitrogen and oxygen atoms in total. The lowest BCUT2D eigenvalue weighted by atomic mass is 10.0. The van der Waals surface area contributed by atoms with Gasteiger partial charge in [0, 0.05) is 24.7 Å². The number of nitrogens with one attached hydrogen (secondary N) is 1. The number of nitrogens with zero attached hydrogens (tertiary/aromatic N) is 4. The van der Waals surface area contributed by atoms with Crippen LogP contribution < -0.4 is 5.32 Å². The van der Waals surface area contributed by atoms with Crippen molar-refractivity contribution in [2.75, 3.05) is 13.1 Å². The van der Waals surface area contributed by atoms with Gasteiger partial charge < -0.3 is 10.2 Å². The number of hydrogen-bond acceptors (Lipinski definition) is 4. The van der Waals surface area contributed by atoms with Crippen molar-refractivity contribution in [1.29, 1.82) is 0 Å². The third kappa shape index (κ3) is 4.63. The molecule has 0 unspecified atom stereocenters. The number of likely N-dealkylation sites (tertiary alicyclic amines) is 1. The van der Waals surface area contributed by atoms with Gasteiger partial charge in [-0.3, -0.25) is 9.59 Å². The summed E-state index contributed by atoms with van der Waals surface area (Å²) in [6, 6.07) is 11.4. The van der Waals surface area contributed by atoms with Crippen molar-refractivity contribution in [3.05, 3.63) is 76.9 Å². The highest BCUT2D eigenvalue weighted by atomic mass is 19.1. The highest BCUT2D eigenvalue weighted by molar-refractivity contribution is 5.94. The molecule has 0 spiro atoms. The molecule has 160 valence electrons. The smallest absolute Gasteiger partial charge is 0.276 e. The molecular formula is C23H24FN5O2. The average molecular weight is 421 g/mol. The largest absolute Gasteiger partial charge is 0.349 e. The molecule has 8 heteroatoms. The van der Waals surface area contributed by atoms with E-state index in [1.807, 2.05) is 32.0 Å². The van der Waals surface area contributed by atoms with Crippen molar-refractivity contribution >= 4 is 11.8 Å². The topological polar surface area (TPSA) is 80.1 Å². The number of halogens is 1. The normalized spacial score (nSPS) is 14.5. The van der Waals surface area contributed by atoms with Crippen molar-refractivity contribution in [3.63, 3.8) is 0 Å². The van der Waals surface area contributed by atoms with Gasteiger partial charge in [-0.25, -0.2) is 9.07 Å². The number of hydrogen-bond donors (Lipinski definition) is 1.